The lowest BCUT2D eigenvalue weighted by Crippen LogP contribution is -2.34. The predicted octanol–water partition coefficient (Wildman–Crippen LogP) is 2.42. The van der Waals surface area contributed by atoms with Crippen molar-refractivity contribution in [3.63, 3.8) is 0 Å². The number of hydrogen-bond donors (Lipinski definition) is 2. The van der Waals surface area contributed by atoms with Crippen molar-refractivity contribution in [2.24, 2.45) is 17.6 Å². The molecule has 1 aromatic heterocycles. The summed E-state index contributed by atoms with van der Waals surface area (Å²) in [4.78, 5) is 27.1. The maximum absolute atomic E-state index is 12.7. The molecule has 2 aromatic rings. The normalized spacial score (nSPS) is 21.9. The molecule has 1 aliphatic carbocycles. The highest BCUT2D eigenvalue weighted by Gasteiger charge is 2.37. The predicted molar refractivity (Wildman–Crippen MR) is 77.4 cm³/mol. The van der Waals surface area contributed by atoms with Gasteiger partial charge in [0.25, 0.3) is 0 Å². The number of amides is 1. The van der Waals surface area contributed by atoms with Gasteiger partial charge in [-0.2, -0.15) is 0 Å². The summed E-state index contributed by atoms with van der Waals surface area (Å²) in [6, 6.07) is 7.95. The third-order valence-electron chi connectivity index (χ3n) is 4.38. The average Bonchev–Trinajstić information content (AvgIpc) is 2.80. The summed E-state index contributed by atoms with van der Waals surface area (Å²) in [6.45, 7) is 2.06. The number of benzene rings is 1. The number of carbonyl (C=O) groups excluding carboxylic acids is 2. The number of fused-ring (bicyclic) bond motifs is 3. The number of H-pyrrole nitrogens is 1. The number of aromatic amines is 1. The summed E-state index contributed by atoms with van der Waals surface area (Å²) in [5, 5.41) is 1.12. The van der Waals surface area contributed by atoms with Crippen molar-refractivity contribution in [3.8, 4) is 0 Å². The van der Waals surface area contributed by atoms with Gasteiger partial charge in [0.1, 0.15) is 0 Å². The van der Waals surface area contributed by atoms with Gasteiger partial charge in [-0.05, 0) is 24.0 Å². The quantitative estimate of drug-likeness (QED) is 0.898. The first-order valence-electron chi connectivity index (χ1n) is 7.04. The fraction of sp³-hybridized carbons (Fsp3) is 0.375. The molecule has 3 N–H and O–H groups in total. The molecule has 3 rings (SSSR count). The second-order valence-corrected chi connectivity index (χ2v) is 5.54. The number of rotatable bonds is 3. The number of aromatic nitrogens is 1. The third-order valence-corrected chi connectivity index (χ3v) is 4.38. The molecule has 0 saturated carbocycles. The zero-order valence-electron chi connectivity index (χ0n) is 11.5. The maximum atomic E-state index is 12.7. The molecule has 0 saturated heterocycles. The third kappa shape index (κ3) is 1.92. The van der Waals surface area contributed by atoms with Crippen molar-refractivity contribution in [1.82, 2.24) is 4.98 Å². The molecule has 1 heterocycles. The lowest BCUT2D eigenvalue weighted by atomic mass is 9.74. The van der Waals surface area contributed by atoms with Gasteiger partial charge >= 0.3 is 0 Å². The molecule has 1 aliphatic rings. The molecule has 2 atom stereocenters. The van der Waals surface area contributed by atoms with Crippen molar-refractivity contribution >= 4 is 22.6 Å². The highest BCUT2D eigenvalue weighted by molar-refractivity contribution is 6.05. The summed E-state index contributed by atoms with van der Waals surface area (Å²) >= 11 is 0. The Balaban J connectivity index is 2.10. The molecule has 20 heavy (non-hydrogen) atoms. The molecule has 1 amide bonds. The first kappa shape index (κ1) is 12.9. The van der Waals surface area contributed by atoms with E-state index in [1.54, 1.807) is 0 Å². The maximum Gasteiger partial charge on any atom is 0.218 e. The van der Waals surface area contributed by atoms with E-state index in [1.807, 2.05) is 24.3 Å². The SMILES string of the molecule is CC[C@@H]1Cc2c([nH]c3ccccc23)C(=O)[C@H]1CC(N)=O. The second-order valence-electron chi connectivity index (χ2n) is 5.54. The average molecular weight is 270 g/mol. The van der Waals surface area contributed by atoms with E-state index in [0.717, 1.165) is 29.3 Å². The van der Waals surface area contributed by atoms with Gasteiger partial charge in [-0.1, -0.05) is 31.5 Å². The van der Waals surface area contributed by atoms with Gasteiger partial charge in [0.05, 0.1) is 5.69 Å². The van der Waals surface area contributed by atoms with E-state index in [2.05, 4.69) is 11.9 Å². The summed E-state index contributed by atoms with van der Waals surface area (Å²) in [6.07, 6.45) is 1.86. The minimum Gasteiger partial charge on any atom is -0.370 e. The van der Waals surface area contributed by atoms with Crippen LogP contribution in [0.1, 0.15) is 35.8 Å². The fourth-order valence-corrected chi connectivity index (χ4v) is 3.33. The van der Waals surface area contributed by atoms with Crippen molar-refractivity contribution < 1.29 is 9.59 Å². The molecular weight excluding hydrogens is 252 g/mol. The minimum atomic E-state index is -0.402. The number of para-hydroxylation sites is 1. The Morgan fingerprint density at radius 3 is 2.85 bits per heavy atom. The molecule has 4 nitrogen and oxygen atoms in total. The van der Waals surface area contributed by atoms with Gasteiger partial charge in [-0.25, -0.2) is 0 Å². The van der Waals surface area contributed by atoms with E-state index < -0.39 is 5.91 Å². The zero-order valence-corrected chi connectivity index (χ0v) is 11.5. The van der Waals surface area contributed by atoms with Crippen LogP contribution in [0.5, 0.6) is 0 Å². The van der Waals surface area contributed by atoms with Crippen molar-refractivity contribution in [3.05, 3.63) is 35.5 Å². The van der Waals surface area contributed by atoms with Crippen LogP contribution in [0.3, 0.4) is 0 Å². The standard InChI is InChI=1S/C16H18N2O2/c1-2-9-7-12-10-5-3-4-6-13(10)18-15(12)16(20)11(9)8-14(17)19/h3-6,9,11,18H,2,7-8H2,1H3,(H2,17,19)/t9-,11+/m1/s1. The molecule has 0 fully saturated rings. The van der Waals surface area contributed by atoms with Gasteiger partial charge in [-0.3, -0.25) is 9.59 Å². The van der Waals surface area contributed by atoms with Crippen LogP contribution in [-0.2, 0) is 11.2 Å². The monoisotopic (exact) mass is 270 g/mol. The van der Waals surface area contributed by atoms with Gasteiger partial charge in [0, 0.05) is 23.2 Å². The van der Waals surface area contributed by atoms with Crippen molar-refractivity contribution in [2.75, 3.05) is 0 Å². The van der Waals surface area contributed by atoms with E-state index in [9.17, 15) is 9.59 Å². The van der Waals surface area contributed by atoms with Gasteiger partial charge in [0.2, 0.25) is 5.91 Å². The molecule has 0 unspecified atom stereocenters. The van der Waals surface area contributed by atoms with Crippen LogP contribution in [0.2, 0.25) is 0 Å². The number of nitrogens with one attached hydrogen (secondary N) is 1. The number of hydrogen-bond acceptors (Lipinski definition) is 2. The molecule has 0 bridgehead atoms. The van der Waals surface area contributed by atoms with Gasteiger partial charge in [0.15, 0.2) is 5.78 Å². The van der Waals surface area contributed by atoms with Crippen LogP contribution in [-0.4, -0.2) is 16.7 Å². The lowest BCUT2D eigenvalue weighted by Gasteiger charge is -2.29. The lowest BCUT2D eigenvalue weighted by molar-refractivity contribution is -0.119. The Hall–Kier alpha value is -2.10. The first-order chi connectivity index (χ1) is 9.61. The number of ketones is 1. The summed E-state index contributed by atoms with van der Waals surface area (Å²) in [7, 11) is 0. The topological polar surface area (TPSA) is 75.9 Å². The second kappa shape index (κ2) is 4.78. The molecule has 0 spiro atoms. The van der Waals surface area contributed by atoms with Crippen LogP contribution < -0.4 is 5.73 Å². The van der Waals surface area contributed by atoms with Crippen LogP contribution in [0, 0.1) is 11.8 Å². The van der Waals surface area contributed by atoms with E-state index in [1.165, 1.54) is 0 Å². The number of nitrogens with two attached hydrogens (primary N) is 1. The Morgan fingerprint density at radius 2 is 2.15 bits per heavy atom. The van der Waals surface area contributed by atoms with E-state index in [0.29, 0.717) is 5.69 Å². The molecule has 1 aromatic carbocycles. The molecule has 0 aliphatic heterocycles. The van der Waals surface area contributed by atoms with Crippen LogP contribution in [0.15, 0.2) is 24.3 Å². The number of Topliss-reactive ketones (excluding diaryl/α,β-unsaturated/α-hetero) is 1. The van der Waals surface area contributed by atoms with Gasteiger partial charge in [-0.15, -0.1) is 0 Å². The molecular formula is C16H18N2O2. The van der Waals surface area contributed by atoms with E-state index >= 15 is 0 Å². The highest BCUT2D eigenvalue weighted by Crippen LogP contribution is 2.37. The zero-order chi connectivity index (χ0) is 14.3. The fourth-order valence-electron chi connectivity index (χ4n) is 3.33. The molecule has 104 valence electrons. The van der Waals surface area contributed by atoms with E-state index in [4.69, 9.17) is 5.73 Å². The Morgan fingerprint density at radius 1 is 1.40 bits per heavy atom. The minimum absolute atomic E-state index is 0.0353. The van der Waals surface area contributed by atoms with Crippen molar-refractivity contribution in [1.29, 1.82) is 0 Å². The van der Waals surface area contributed by atoms with Crippen LogP contribution in [0.4, 0.5) is 0 Å². The van der Waals surface area contributed by atoms with E-state index in [-0.39, 0.29) is 24.0 Å². The summed E-state index contributed by atoms with van der Waals surface area (Å²) in [5.41, 5.74) is 8.05. The molecule has 0 radical (unpaired) electrons. The Kier molecular flexibility index (Phi) is 3.08. The van der Waals surface area contributed by atoms with Crippen LogP contribution >= 0.6 is 0 Å². The summed E-state index contributed by atoms with van der Waals surface area (Å²) < 4.78 is 0. The Labute approximate surface area is 117 Å². The smallest absolute Gasteiger partial charge is 0.218 e. The molecule has 4 heteroatoms. The van der Waals surface area contributed by atoms with Crippen LogP contribution in [0.25, 0.3) is 10.9 Å². The first-order valence-corrected chi connectivity index (χ1v) is 7.04. The highest BCUT2D eigenvalue weighted by atomic mass is 16.1. The number of carbonyl (C=O) groups is 2. The van der Waals surface area contributed by atoms with Crippen molar-refractivity contribution in [2.45, 2.75) is 26.2 Å². The number of primary amides is 1. The largest absolute Gasteiger partial charge is 0.370 e. The van der Waals surface area contributed by atoms with Gasteiger partial charge < -0.3 is 10.7 Å². The summed E-state index contributed by atoms with van der Waals surface area (Å²) in [5.74, 6) is -0.450. The Bertz CT molecular complexity index is 687.